The molecular weight excluding hydrogens is 305 g/mol. The minimum absolute atomic E-state index is 0. The molecule has 0 saturated carbocycles. The number of nitrogens with two attached hydrogens (primary N) is 1. The van der Waals surface area contributed by atoms with Crippen molar-refractivity contribution in [3.05, 3.63) is 29.3 Å². The van der Waals surface area contributed by atoms with E-state index in [1.165, 1.54) is 23.2 Å². The van der Waals surface area contributed by atoms with E-state index >= 15 is 0 Å². The van der Waals surface area contributed by atoms with Crippen LogP contribution in [0.1, 0.15) is 31.4 Å². The molecule has 3 rings (SSSR count). The molecule has 2 aliphatic heterocycles. The van der Waals surface area contributed by atoms with Crippen LogP contribution in [0.25, 0.3) is 0 Å². The normalized spacial score (nSPS) is 23.5. The van der Waals surface area contributed by atoms with Gasteiger partial charge in [-0.05, 0) is 29.4 Å². The summed E-state index contributed by atoms with van der Waals surface area (Å²) >= 11 is 0. The molecule has 1 fully saturated rings. The Morgan fingerprint density at radius 2 is 2.10 bits per heavy atom. The molecule has 0 amide bonds. The van der Waals surface area contributed by atoms with Gasteiger partial charge in [-0.25, -0.2) is 0 Å². The van der Waals surface area contributed by atoms with Gasteiger partial charge in [0.15, 0.2) is 0 Å². The number of nitrogens with zero attached hydrogens (tertiary/aromatic N) is 1. The highest BCUT2D eigenvalue weighted by molar-refractivity contribution is 5.85. The number of para-hydroxylation sites is 1. The summed E-state index contributed by atoms with van der Waals surface area (Å²) in [5.74, 6) is 0. The number of piperidine rings is 1. The lowest BCUT2D eigenvalue weighted by Crippen LogP contribution is -2.52. The van der Waals surface area contributed by atoms with Crippen LogP contribution < -0.4 is 11.1 Å². The molecule has 3 N–H and O–H groups in total. The second kappa shape index (κ2) is 7.19. The number of hydrogen-bond donors (Lipinski definition) is 2. The molecule has 2 heterocycles. The molecule has 0 bridgehead atoms. The quantitative estimate of drug-likeness (QED) is 0.875. The second-order valence-corrected chi connectivity index (χ2v) is 6.72. The van der Waals surface area contributed by atoms with Crippen LogP contribution in [0.15, 0.2) is 18.2 Å². The summed E-state index contributed by atoms with van der Waals surface area (Å²) in [5.41, 5.74) is 10.8. The zero-order chi connectivity index (χ0) is 13.5. The summed E-state index contributed by atoms with van der Waals surface area (Å²) in [5, 5.41) is 3.54. The standard InChI is InChI=1S/C16H25N3.2ClH/c1-16(2)11-19(9-7-14(16)17)10-13-5-3-4-12-6-8-18-15(12)13;;/h3-5,14,18H,6-11,17H2,1-2H3;2*1H. The van der Waals surface area contributed by atoms with Gasteiger partial charge in [-0.3, -0.25) is 4.90 Å². The van der Waals surface area contributed by atoms with Gasteiger partial charge < -0.3 is 11.1 Å². The number of hydrogen-bond acceptors (Lipinski definition) is 3. The molecule has 5 heteroatoms. The van der Waals surface area contributed by atoms with E-state index in [9.17, 15) is 0 Å². The number of rotatable bonds is 2. The van der Waals surface area contributed by atoms with Crippen molar-refractivity contribution < 1.29 is 0 Å². The first kappa shape index (κ1) is 18.6. The van der Waals surface area contributed by atoms with Crippen molar-refractivity contribution in [1.29, 1.82) is 0 Å². The lowest BCUT2D eigenvalue weighted by molar-refractivity contribution is 0.0900. The fourth-order valence-electron chi connectivity index (χ4n) is 3.40. The molecule has 0 spiro atoms. The number of anilines is 1. The molecule has 1 aromatic carbocycles. The predicted octanol–water partition coefficient (Wildman–Crippen LogP) is 3.06. The van der Waals surface area contributed by atoms with Crippen molar-refractivity contribution in [2.75, 3.05) is 25.0 Å². The van der Waals surface area contributed by atoms with Crippen LogP contribution >= 0.6 is 24.8 Å². The third kappa shape index (κ3) is 3.84. The first-order valence-corrected chi connectivity index (χ1v) is 7.39. The summed E-state index contributed by atoms with van der Waals surface area (Å²) in [4.78, 5) is 2.55. The van der Waals surface area contributed by atoms with Crippen molar-refractivity contribution in [1.82, 2.24) is 4.90 Å². The third-order valence-corrected chi connectivity index (χ3v) is 4.72. The van der Waals surface area contributed by atoms with Gasteiger partial charge in [0, 0.05) is 37.9 Å². The lowest BCUT2D eigenvalue weighted by atomic mass is 9.79. The third-order valence-electron chi connectivity index (χ3n) is 4.72. The smallest absolute Gasteiger partial charge is 0.0419 e. The van der Waals surface area contributed by atoms with E-state index in [2.05, 4.69) is 42.3 Å². The first-order valence-electron chi connectivity index (χ1n) is 7.39. The summed E-state index contributed by atoms with van der Waals surface area (Å²) in [6.07, 6.45) is 2.27. The molecule has 120 valence electrons. The molecule has 2 aliphatic rings. The van der Waals surface area contributed by atoms with Crippen molar-refractivity contribution in [2.45, 2.75) is 39.3 Å². The number of halogens is 2. The van der Waals surface area contributed by atoms with Gasteiger partial charge in [-0.15, -0.1) is 24.8 Å². The van der Waals surface area contributed by atoms with Crippen LogP contribution in [0.5, 0.6) is 0 Å². The van der Waals surface area contributed by atoms with Crippen LogP contribution in [-0.2, 0) is 13.0 Å². The van der Waals surface area contributed by atoms with Crippen LogP contribution in [-0.4, -0.2) is 30.6 Å². The molecule has 0 radical (unpaired) electrons. The van der Waals surface area contributed by atoms with Gasteiger partial charge in [0.1, 0.15) is 0 Å². The van der Waals surface area contributed by atoms with Gasteiger partial charge in [0.2, 0.25) is 0 Å². The topological polar surface area (TPSA) is 41.3 Å². The highest BCUT2D eigenvalue weighted by Gasteiger charge is 2.33. The molecule has 0 aromatic heterocycles. The fraction of sp³-hybridized carbons (Fsp3) is 0.625. The number of benzene rings is 1. The molecule has 3 nitrogen and oxygen atoms in total. The Bertz CT molecular complexity index is 477. The van der Waals surface area contributed by atoms with Crippen molar-refractivity contribution in [3.63, 3.8) is 0 Å². The van der Waals surface area contributed by atoms with Crippen molar-refractivity contribution in [2.24, 2.45) is 11.1 Å². The van der Waals surface area contributed by atoms with Crippen molar-refractivity contribution >= 4 is 30.5 Å². The monoisotopic (exact) mass is 331 g/mol. The Kier molecular flexibility index (Phi) is 6.36. The maximum Gasteiger partial charge on any atom is 0.0419 e. The van der Waals surface area contributed by atoms with Gasteiger partial charge in [0.05, 0.1) is 0 Å². The van der Waals surface area contributed by atoms with Gasteiger partial charge in [-0.1, -0.05) is 32.0 Å². The van der Waals surface area contributed by atoms with Gasteiger partial charge in [-0.2, -0.15) is 0 Å². The highest BCUT2D eigenvalue weighted by atomic mass is 35.5. The predicted molar refractivity (Wildman–Crippen MR) is 94.8 cm³/mol. The van der Waals surface area contributed by atoms with E-state index < -0.39 is 0 Å². The summed E-state index contributed by atoms with van der Waals surface area (Å²) in [6.45, 7) is 8.93. The van der Waals surface area contributed by atoms with E-state index in [1.807, 2.05) is 0 Å². The largest absolute Gasteiger partial charge is 0.384 e. The van der Waals surface area contributed by atoms with E-state index in [1.54, 1.807) is 0 Å². The van der Waals surface area contributed by atoms with Crippen molar-refractivity contribution in [3.8, 4) is 0 Å². The summed E-state index contributed by atoms with van der Waals surface area (Å²) in [7, 11) is 0. The van der Waals surface area contributed by atoms with Crippen LogP contribution in [0.3, 0.4) is 0 Å². The minimum Gasteiger partial charge on any atom is -0.384 e. The van der Waals surface area contributed by atoms with E-state index in [0.29, 0.717) is 6.04 Å². The molecule has 21 heavy (non-hydrogen) atoms. The number of nitrogens with one attached hydrogen (secondary N) is 1. The molecular formula is C16H27Cl2N3. The Balaban J connectivity index is 0.00000110. The molecule has 1 atom stereocenters. The molecule has 1 saturated heterocycles. The Morgan fingerprint density at radius 1 is 1.33 bits per heavy atom. The average Bonchev–Trinajstić information content (AvgIpc) is 2.83. The van der Waals surface area contributed by atoms with E-state index in [-0.39, 0.29) is 30.2 Å². The number of fused-ring (bicyclic) bond motifs is 1. The number of likely N-dealkylation sites (tertiary alicyclic amines) is 1. The first-order chi connectivity index (χ1) is 9.06. The lowest BCUT2D eigenvalue weighted by Gasteiger charge is -2.42. The average molecular weight is 332 g/mol. The maximum absolute atomic E-state index is 6.22. The second-order valence-electron chi connectivity index (χ2n) is 6.72. The Hall–Kier alpha value is -0.480. The van der Waals surface area contributed by atoms with E-state index in [4.69, 9.17) is 5.73 Å². The Labute approximate surface area is 140 Å². The summed E-state index contributed by atoms with van der Waals surface area (Å²) in [6, 6.07) is 7.04. The minimum atomic E-state index is 0. The molecule has 0 aliphatic carbocycles. The van der Waals surface area contributed by atoms with Gasteiger partial charge in [0.25, 0.3) is 0 Å². The van der Waals surface area contributed by atoms with Crippen LogP contribution in [0.4, 0.5) is 5.69 Å². The maximum atomic E-state index is 6.22. The molecule has 1 aromatic rings. The zero-order valence-electron chi connectivity index (χ0n) is 12.9. The van der Waals surface area contributed by atoms with Gasteiger partial charge >= 0.3 is 0 Å². The SMILES string of the molecule is CC1(C)CN(Cc2cccc3c2NCC3)CCC1N.Cl.Cl. The summed E-state index contributed by atoms with van der Waals surface area (Å²) < 4.78 is 0. The van der Waals surface area contributed by atoms with Crippen LogP contribution in [0.2, 0.25) is 0 Å². The fourth-order valence-corrected chi connectivity index (χ4v) is 3.40. The van der Waals surface area contributed by atoms with E-state index in [0.717, 1.165) is 32.6 Å². The zero-order valence-corrected chi connectivity index (χ0v) is 14.5. The molecule has 1 unspecified atom stereocenters. The van der Waals surface area contributed by atoms with Crippen LogP contribution in [0, 0.1) is 5.41 Å². The Morgan fingerprint density at radius 3 is 2.81 bits per heavy atom. The highest BCUT2D eigenvalue weighted by Crippen LogP contribution is 2.31.